The van der Waals surface area contributed by atoms with E-state index in [1.807, 2.05) is 0 Å². The molecular formula is C17H30O14. The highest BCUT2D eigenvalue weighted by Gasteiger charge is 2.53. The third-order valence-corrected chi connectivity index (χ3v) is 5.70. The maximum atomic E-state index is 10.5. The minimum atomic E-state index is -1.78. The average Bonchev–Trinajstić information content (AvgIpc) is 3.05. The molecule has 0 saturated carbocycles. The molecule has 31 heavy (non-hydrogen) atoms. The molecule has 14 nitrogen and oxygen atoms in total. The monoisotopic (exact) mass is 458 g/mol. The second-order valence-electron chi connectivity index (χ2n) is 7.83. The van der Waals surface area contributed by atoms with Crippen LogP contribution in [0.5, 0.6) is 0 Å². The Kier molecular flexibility index (Phi) is 8.21. The van der Waals surface area contributed by atoms with Crippen LogP contribution in [0.15, 0.2) is 0 Å². The molecule has 0 aromatic heterocycles. The van der Waals surface area contributed by atoms with Gasteiger partial charge in [-0.2, -0.15) is 0 Å². The van der Waals surface area contributed by atoms with Crippen LogP contribution in [0.2, 0.25) is 0 Å². The van der Waals surface area contributed by atoms with Crippen molar-refractivity contribution in [1.82, 2.24) is 0 Å². The van der Waals surface area contributed by atoms with Gasteiger partial charge in [-0.1, -0.05) is 0 Å². The van der Waals surface area contributed by atoms with Crippen molar-refractivity contribution in [1.29, 1.82) is 0 Å². The van der Waals surface area contributed by atoms with E-state index in [-0.39, 0.29) is 0 Å². The van der Waals surface area contributed by atoms with Gasteiger partial charge in [-0.15, -0.1) is 0 Å². The van der Waals surface area contributed by atoms with Gasteiger partial charge in [0.2, 0.25) is 0 Å². The highest BCUT2D eigenvalue weighted by molar-refractivity contribution is 4.95. The molecule has 3 fully saturated rings. The summed E-state index contributed by atoms with van der Waals surface area (Å²) in [4.78, 5) is 0. The molecule has 0 bridgehead atoms. The van der Waals surface area contributed by atoms with Crippen LogP contribution < -0.4 is 0 Å². The Labute approximate surface area is 176 Å². The first-order valence-electron chi connectivity index (χ1n) is 9.86. The molecule has 14 atom stereocenters. The normalized spacial score (nSPS) is 53.6. The number of hydrogen-bond donors (Lipinski definition) is 9. The first-order chi connectivity index (χ1) is 14.6. The molecule has 0 aromatic rings. The van der Waals surface area contributed by atoms with E-state index < -0.39 is 99.2 Å². The van der Waals surface area contributed by atoms with E-state index in [9.17, 15) is 46.0 Å². The van der Waals surface area contributed by atoms with E-state index in [1.165, 1.54) is 6.92 Å². The average molecular weight is 458 g/mol. The van der Waals surface area contributed by atoms with Crippen molar-refractivity contribution < 1.29 is 69.6 Å². The summed E-state index contributed by atoms with van der Waals surface area (Å²) >= 11 is 0. The maximum Gasteiger partial charge on any atom is 0.187 e. The van der Waals surface area contributed by atoms with Crippen molar-refractivity contribution in [3.63, 3.8) is 0 Å². The Bertz CT molecular complexity index is 579. The van der Waals surface area contributed by atoms with Gasteiger partial charge in [0.1, 0.15) is 61.0 Å². The number of aliphatic hydroxyl groups excluding tert-OH is 9. The third-order valence-electron chi connectivity index (χ3n) is 5.70. The Hall–Kier alpha value is -0.560. The fraction of sp³-hybridized carbons (Fsp3) is 1.00. The maximum absolute atomic E-state index is 10.5. The Morgan fingerprint density at radius 3 is 1.81 bits per heavy atom. The van der Waals surface area contributed by atoms with Gasteiger partial charge in [0.15, 0.2) is 18.9 Å². The van der Waals surface area contributed by atoms with Gasteiger partial charge in [0, 0.05) is 0 Å². The van der Waals surface area contributed by atoms with E-state index in [0.717, 1.165) is 0 Å². The summed E-state index contributed by atoms with van der Waals surface area (Å²) in [6.45, 7) is 0.0689. The third kappa shape index (κ3) is 4.87. The number of rotatable bonds is 6. The van der Waals surface area contributed by atoms with E-state index in [4.69, 9.17) is 23.7 Å². The Balaban J connectivity index is 1.76. The van der Waals surface area contributed by atoms with Crippen LogP contribution >= 0.6 is 0 Å². The zero-order valence-corrected chi connectivity index (χ0v) is 16.6. The standard InChI is InChI=1S/C17H30O14/c1-4-7(20)9(22)12(25)16(27-4)31-14-8(21)5(2-18)29-17(14)30-13-6(3-19)28-15(26)11(24)10(13)23/h4-26H,2-3H2,1H3/t4-,5-,6+,7-,8-,9+,10+,11+,12+,13+,14+,15+,16-,17-/m0/s1. The molecule has 0 unspecified atom stereocenters. The molecule has 0 radical (unpaired) electrons. The topological polar surface area (TPSA) is 228 Å². The van der Waals surface area contributed by atoms with Crippen LogP contribution in [0, 0.1) is 0 Å². The lowest BCUT2D eigenvalue weighted by Crippen LogP contribution is -2.61. The molecular weight excluding hydrogens is 428 g/mol. The fourth-order valence-corrected chi connectivity index (χ4v) is 3.78. The van der Waals surface area contributed by atoms with Gasteiger partial charge in [-0.3, -0.25) is 0 Å². The van der Waals surface area contributed by atoms with Crippen LogP contribution in [0.1, 0.15) is 6.92 Å². The van der Waals surface area contributed by atoms with Crippen molar-refractivity contribution >= 4 is 0 Å². The van der Waals surface area contributed by atoms with Gasteiger partial charge >= 0.3 is 0 Å². The predicted octanol–water partition coefficient (Wildman–Crippen LogP) is -5.91. The summed E-state index contributed by atoms with van der Waals surface area (Å²) in [5, 5.41) is 89.0. The molecule has 3 aliphatic heterocycles. The molecule has 14 heteroatoms. The predicted molar refractivity (Wildman–Crippen MR) is 93.8 cm³/mol. The summed E-state index contributed by atoms with van der Waals surface area (Å²) in [5.41, 5.74) is 0. The van der Waals surface area contributed by atoms with Gasteiger partial charge < -0.3 is 69.6 Å². The lowest BCUT2D eigenvalue weighted by atomic mass is 9.99. The van der Waals surface area contributed by atoms with E-state index in [0.29, 0.717) is 0 Å². The minimum Gasteiger partial charge on any atom is -0.394 e. The highest BCUT2D eigenvalue weighted by Crippen LogP contribution is 2.33. The van der Waals surface area contributed by atoms with E-state index >= 15 is 0 Å². The number of hydrogen-bond acceptors (Lipinski definition) is 14. The Morgan fingerprint density at radius 2 is 1.19 bits per heavy atom. The lowest BCUT2D eigenvalue weighted by molar-refractivity contribution is -0.343. The number of ether oxygens (including phenoxy) is 5. The van der Waals surface area contributed by atoms with Crippen molar-refractivity contribution in [2.75, 3.05) is 13.2 Å². The molecule has 0 spiro atoms. The smallest absolute Gasteiger partial charge is 0.187 e. The summed E-state index contributed by atoms with van der Waals surface area (Å²) in [6, 6.07) is 0. The summed E-state index contributed by atoms with van der Waals surface area (Å²) in [5.74, 6) is 0. The SMILES string of the molecule is C[C@@H]1O[C@@H](O[C@H]2[C@H](O[C@H]3[C@H](O)[C@@H](O)[C@H](O)O[C@@H]3CO)O[C@@H](CO)[C@@H]2O)[C@H](O)[C@H](O)[C@H]1O. The first kappa shape index (κ1) is 25.1. The molecule has 0 aliphatic carbocycles. The first-order valence-corrected chi connectivity index (χ1v) is 9.86. The van der Waals surface area contributed by atoms with Gasteiger partial charge in [-0.25, -0.2) is 0 Å². The fourth-order valence-electron chi connectivity index (χ4n) is 3.78. The second kappa shape index (κ2) is 10.1. The molecule has 9 N–H and O–H groups in total. The molecule has 3 aliphatic rings. The highest BCUT2D eigenvalue weighted by atomic mass is 16.8. The van der Waals surface area contributed by atoms with Crippen molar-refractivity contribution in [2.45, 2.75) is 92.9 Å². The van der Waals surface area contributed by atoms with Crippen LogP contribution in [0.3, 0.4) is 0 Å². The summed E-state index contributed by atoms with van der Waals surface area (Å²) in [7, 11) is 0. The van der Waals surface area contributed by atoms with Crippen molar-refractivity contribution in [3.8, 4) is 0 Å². The van der Waals surface area contributed by atoms with Crippen LogP contribution in [0.25, 0.3) is 0 Å². The zero-order chi connectivity index (χ0) is 23.0. The van der Waals surface area contributed by atoms with E-state index in [1.54, 1.807) is 0 Å². The minimum absolute atomic E-state index is 0.652. The van der Waals surface area contributed by atoms with Gasteiger partial charge in [0.05, 0.1) is 19.3 Å². The molecule has 3 heterocycles. The van der Waals surface area contributed by atoms with Gasteiger partial charge in [0.25, 0.3) is 0 Å². The van der Waals surface area contributed by atoms with Crippen molar-refractivity contribution in [2.24, 2.45) is 0 Å². The van der Waals surface area contributed by atoms with Crippen LogP contribution in [-0.2, 0) is 23.7 Å². The van der Waals surface area contributed by atoms with Crippen molar-refractivity contribution in [3.05, 3.63) is 0 Å². The Morgan fingerprint density at radius 1 is 0.581 bits per heavy atom. The van der Waals surface area contributed by atoms with Crippen LogP contribution in [-0.4, -0.2) is 145 Å². The van der Waals surface area contributed by atoms with E-state index in [2.05, 4.69) is 0 Å². The molecule has 3 saturated heterocycles. The lowest BCUT2D eigenvalue weighted by Gasteiger charge is -2.42. The molecule has 0 aromatic carbocycles. The summed E-state index contributed by atoms with van der Waals surface area (Å²) in [6.07, 6.45) is -20.8. The quantitative estimate of drug-likeness (QED) is 0.181. The molecule has 182 valence electrons. The molecule has 0 amide bonds. The number of aliphatic hydroxyl groups is 9. The zero-order valence-electron chi connectivity index (χ0n) is 16.6. The largest absolute Gasteiger partial charge is 0.394 e. The van der Waals surface area contributed by atoms with Gasteiger partial charge in [-0.05, 0) is 6.92 Å². The van der Waals surface area contributed by atoms with Crippen LogP contribution in [0.4, 0.5) is 0 Å². The molecule has 3 rings (SSSR count). The summed E-state index contributed by atoms with van der Waals surface area (Å²) < 4.78 is 26.9. The second-order valence-corrected chi connectivity index (χ2v) is 7.83.